The summed E-state index contributed by atoms with van der Waals surface area (Å²) in [5, 5.41) is 0. The summed E-state index contributed by atoms with van der Waals surface area (Å²) in [5.41, 5.74) is 16.5. The van der Waals surface area contributed by atoms with Crippen LogP contribution in [0.25, 0.3) is 0 Å². The lowest BCUT2D eigenvalue weighted by atomic mass is 9.89. The number of hydrogen-bond donors (Lipinski definition) is 2. The van der Waals surface area contributed by atoms with Crippen LogP contribution in [0.1, 0.15) is 55.2 Å². The first-order chi connectivity index (χ1) is 19.0. The molecule has 0 saturated carbocycles. The Bertz CT molecular complexity index is 1340. The lowest BCUT2D eigenvalue weighted by Gasteiger charge is -2.38. The molecule has 3 aliphatic rings. The van der Waals surface area contributed by atoms with Crippen molar-refractivity contribution in [2.45, 2.75) is 50.1 Å². The van der Waals surface area contributed by atoms with Gasteiger partial charge in [0, 0.05) is 42.1 Å². The fraction of sp³-hybridized carbons (Fsp3) is 0.333. The summed E-state index contributed by atoms with van der Waals surface area (Å²) in [7, 11) is 0. The minimum absolute atomic E-state index is 0.0125. The Morgan fingerprint density at radius 2 is 1.46 bits per heavy atom. The Morgan fingerprint density at radius 1 is 0.769 bits per heavy atom. The molecule has 39 heavy (non-hydrogen) atoms. The van der Waals surface area contributed by atoms with Crippen LogP contribution >= 0.6 is 0 Å². The molecule has 1 aliphatic carbocycles. The highest BCUT2D eigenvalue weighted by molar-refractivity contribution is 5.61. The van der Waals surface area contributed by atoms with Gasteiger partial charge in [-0.15, -0.1) is 0 Å². The van der Waals surface area contributed by atoms with Crippen LogP contribution < -0.4 is 21.3 Å². The summed E-state index contributed by atoms with van der Waals surface area (Å²) in [5.74, 6) is -0.342. The van der Waals surface area contributed by atoms with Crippen molar-refractivity contribution < 1.29 is 8.78 Å². The Balaban J connectivity index is 1.28. The van der Waals surface area contributed by atoms with E-state index in [9.17, 15) is 0 Å². The predicted octanol–water partition coefficient (Wildman–Crippen LogP) is 7.06. The molecule has 4 N–H and O–H groups in total. The number of piperidine rings is 1. The average Bonchev–Trinajstić information content (AvgIpc) is 3.39. The molecule has 3 atom stereocenters. The highest BCUT2D eigenvalue weighted by Gasteiger charge is 2.39. The van der Waals surface area contributed by atoms with Gasteiger partial charge in [0.2, 0.25) is 0 Å². The summed E-state index contributed by atoms with van der Waals surface area (Å²) in [4.78, 5) is 4.11. The van der Waals surface area contributed by atoms with Crippen molar-refractivity contribution in [2.75, 3.05) is 28.6 Å². The van der Waals surface area contributed by atoms with Crippen molar-refractivity contribution in [1.29, 1.82) is 0 Å². The number of halogens is 2. The molecule has 2 saturated heterocycles. The molecule has 2 heterocycles. The maximum atomic E-state index is 15.8. The van der Waals surface area contributed by atoms with Crippen LogP contribution in [0.2, 0.25) is 0 Å². The summed E-state index contributed by atoms with van der Waals surface area (Å²) in [6.07, 6.45) is 10.5. The van der Waals surface area contributed by atoms with E-state index in [4.69, 9.17) is 11.5 Å². The molecular weight excluding hydrogens is 490 g/mol. The maximum absolute atomic E-state index is 15.8. The zero-order valence-corrected chi connectivity index (χ0v) is 22.1. The van der Waals surface area contributed by atoms with Crippen molar-refractivity contribution in [2.24, 2.45) is 11.7 Å². The molecule has 6 rings (SSSR count). The van der Waals surface area contributed by atoms with Crippen LogP contribution in [0, 0.1) is 17.6 Å². The summed E-state index contributed by atoms with van der Waals surface area (Å²) in [6, 6.07) is 21.5. The van der Waals surface area contributed by atoms with Gasteiger partial charge in [0.05, 0.1) is 6.04 Å². The first-order valence-corrected chi connectivity index (χ1v) is 14.0. The van der Waals surface area contributed by atoms with Gasteiger partial charge in [0.1, 0.15) is 5.69 Å². The van der Waals surface area contributed by atoms with E-state index in [1.54, 1.807) is 12.1 Å². The molecule has 4 nitrogen and oxygen atoms in total. The van der Waals surface area contributed by atoms with Crippen LogP contribution in [0.15, 0.2) is 90.7 Å². The maximum Gasteiger partial charge on any atom is 0.151 e. The second-order valence-corrected chi connectivity index (χ2v) is 11.1. The number of nitrogen functional groups attached to an aromatic ring is 1. The van der Waals surface area contributed by atoms with Crippen molar-refractivity contribution in [1.82, 2.24) is 0 Å². The van der Waals surface area contributed by atoms with Gasteiger partial charge in [-0.2, -0.15) is 0 Å². The van der Waals surface area contributed by atoms with Gasteiger partial charge in [-0.3, -0.25) is 0 Å². The van der Waals surface area contributed by atoms with E-state index in [1.165, 1.54) is 5.56 Å². The molecule has 0 aromatic heterocycles. The Labute approximate surface area is 229 Å². The molecule has 6 heteroatoms. The van der Waals surface area contributed by atoms with Gasteiger partial charge in [0.15, 0.2) is 11.6 Å². The Kier molecular flexibility index (Phi) is 7.03. The molecular formula is C33H36F2N4. The average molecular weight is 527 g/mol. The number of nitrogens with two attached hydrogens (primary N) is 2. The normalized spacial score (nSPS) is 23.7. The minimum atomic E-state index is -0.492. The molecule has 2 aliphatic heterocycles. The minimum Gasteiger partial charge on any atom is -0.399 e. The van der Waals surface area contributed by atoms with Gasteiger partial charge in [-0.1, -0.05) is 54.6 Å². The van der Waals surface area contributed by atoms with E-state index < -0.39 is 11.6 Å². The number of anilines is 3. The summed E-state index contributed by atoms with van der Waals surface area (Å²) >= 11 is 0. The quantitative estimate of drug-likeness (QED) is 0.350. The number of allylic oxidation sites excluding steroid dienone is 2. The highest BCUT2D eigenvalue weighted by Crippen LogP contribution is 2.45. The van der Waals surface area contributed by atoms with E-state index in [1.807, 2.05) is 47.4 Å². The molecule has 0 bridgehead atoms. The van der Waals surface area contributed by atoms with Crippen molar-refractivity contribution in [3.63, 3.8) is 0 Å². The zero-order valence-electron chi connectivity index (χ0n) is 22.1. The third kappa shape index (κ3) is 5.12. The van der Waals surface area contributed by atoms with Crippen LogP contribution in [0.5, 0.6) is 0 Å². The lowest BCUT2D eigenvalue weighted by molar-refractivity contribution is 0.480. The third-order valence-corrected chi connectivity index (χ3v) is 8.79. The number of rotatable bonds is 5. The van der Waals surface area contributed by atoms with Crippen LogP contribution in [0.3, 0.4) is 0 Å². The number of benzene rings is 3. The van der Waals surface area contributed by atoms with Crippen LogP contribution in [-0.2, 0) is 0 Å². The Morgan fingerprint density at radius 3 is 2.10 bits per heavy atom. The van der Waals surface area contributed by atoms with E-state index >= 15 is 8.78 Å². The SMILES string of the molecule is NC1=CCC([C@@H]2CC[C@@H](c3ccc(N)cc3)N2c2cc(F)c(N3CCC(c4ccccc4)CC3)c(F)c2)C=C1. The standard InChI is InChI=1S/C33H36F2N4/c34-29-20-28(21-30(35)33(29)38-18-16-23(17-19-38)22-4-2-1-3-5-22)39-31(24-6-10-26(36)11-7-24)14-15-32(39)25-8-12-27(37)13-9-25/h1-8,10-13,20-21,23,25,31-32H,9,14-19,36-37H2/t25?,31-,32-/m0/s1. The smallest absolute Gasteiger partial charge is 0.151 e. The number of hydrogen-bond acceptors (Lipinski definition) is 4. The van der Waals surface area contributed by atoms with Gasteiger partial charge in [0.25, 0.3) is 0 Å². The molecule has 0 spiro atoms. The lowest BCUT2D eigenvalue weighted by Crippen LogP contribution is -2.38. The molecule has 1 unspecified atom stereocenters. The zero-order chi connectivity index (χ0) is 26.9. The molecule has 0 radical (unpaired) electrons. The molecule has 3 aromatic rings. The topological polar surface area (TPSA) is 58.5 Å². The van der Waals surface area contributed by atoms with Gasteiger partial charge < -0.3 is 21.3 Å². The second kappa shape index (κ2) is 10.8. The fourth-order valence-electron chi connectivity index (χ4n) is 6.78. The van der Waals surface area contributed by atoms with Gasteiger partial charge in [-0.05, 0) is 79.5 Å². The molecule has 2 fully saturated rings. The van der Waals surface area contributed by atoms with Crippen molar-refractivity contribution in [3.05, 3.63) is 113 Å². The van der Waals surface area contributed by atoms with E-state index in [-0.39, 0.29) is 23.7 Å². The summed E-state index contributed by atoms with van der Waals surface area (Å²) in [6.45, 7) is 1.27. The first-order valence-electron chi connectivity index (χ1n) is 14.0. The van der Waals surface area contributed by atoms with Crippen LogP contribution in [-0.4, -0.2) is 19.1 Å². The van der Waals surface area contributed by atoms with E-state index in [2.05, 4.69) is 35.2 Å². The van der Waals surface area contributed by atoms with E-state index in [0.29, 0.717) is 30.4 Å². The van der Waals surface area contributed by atoms with Crippen molar-refractivity contribution in [3.8, 4) is 0 Å². The molecule has 0 amide bonds. The van der Waals surface area contributed by atoms with E-state index in [0.717, 1.165) is 43.4 Å². The molecule has 3 aromatic carbocycles. The van der Waals surface area contributed by atoms with Crippen LogP contribution in [0.4, 0.5) is 25.8 Å². The summed E-state index contributed by atoms with van der Waals surface area (Å²) < 4.78 is 31.6. The molecule has 202 valence electrons. The predicted molar refractivity (Wildman–Crippen MR) is 156 cm³/mol. The third-order valence-electron chi connectivity index (χ3n) is 8.79. The van der Waals surface area contributed by atoms with Gasteiger partial charge >= 0.3 is 0 Å². The largest absolute Gasteiger partial charge is 0.399 e. The monoisotopic (exact) mass is 526 g/mol. The Hall–Kier alpha value is -3.80. The fourth-order valence-corrected chi connectivity index (χ4v) is 6.78. The van der Waals surface area contributed by atoms with Gasteiger partial charge in [-0.25, -0.2) is 8.78 Å². The second-order valence-electron chi connectivity index (χ2n) is 11.1. The van der Waals surface area contributed by atoms with Crippen molar-refractivity contribution >= 4 is 17.1 Å². The highest BCUT2D eigenvalue weighted by atomic mass is 19.1. The first kappa shape index (κ1) is 25.5. The number of nitrogens with zero attached hydrogens (tertiary/aromatic N) is 2.